The summed E-state index contributed by atoms with van der Waals surface area (Å²) < 4.78 is 0.862. The van der Waals surface area contributed by atoms with E-state index in [2.05, 4.69) is 25.9 Å². The van der Waals surface area contributed by atoms with Crippen molar-refractivity contribution in [1.82, 2.24) is 9.97 Å². The van der Waals surface area contributed by atoms with Crippen LogP contribution in [0.3, 0.4) is 0 Å². The molecule has 20 heavy (non-hydrogen) atoms. The van der Waals surface area contributed by atoms with Crippen molar-refractivity contribution in [3.8, 4) is 0 Å². The van der Waals surface area contributed by atoms with E-state index in [0.717, 1.165) is 26.6 Å². The number of aliphatic hydroxyl groups is 1. The smallest absolute Gasteiger partial charge is 0.0860 e. The third kappa shape index (κ3) is 2.86. The fourth-order valence-corrected chi connectivity index (χ4v) is 2.53. The average Bonchev–Trinajstić information content (AvgIpc) is 2.47. The molecule has 0 aliphatic rings. The minimum Gasteiger partial charge on any atom is -0.388 e. The molecule has 2 aromatic heterocycles. The predicted molar refractivity (Wildman–Crippen MR) is 82.3 cm³/mol. The number of halogens is 1. The van der Waals surface area contributed by atoms with E-state index in [9.17, 15) is 5.11 Å². The first-order valence-corrected chi connectivity index (χ1v) is 7.15. The number of nitrogens with zero attached hydrogens (tertiary/aromatic N) is 2. The van der Waals surface area contributed by atoms with E-state index in [4.69, 9.17) is 0 Å². The summed E-state index contributed by atoms with van der Waals surface area (Å²) >= 11 is 3.36. The van der Waals surface area contributed by atoms with Crippen molar-refractivity contribution < 1.29 is 5.11 Å². The molecule has 4 heteroatoms. The minimum atomic E-state index is -0.603. The molecule has 0 saturated heterocycles. The molecule has 100 valence electrons. The maximum Gasteiger partial charge on any atom is 0.0860 e. The molecule has 1 atom stereocenters. The van der Waals surface area contributed by atoms with Crippen molar-refractivity contribution in [3.63, 3.8) is 0 Å². The zero-order chi connectivity index (χ0) is 13.9. The zero-order valence-electron chi connectivity index (χ0n) is 10.7. The number of benzene rings is 1. The molecule has 3 aromatic rings. The maximum absolute atomic E-state index is 10.3. The third-order valence-electron chi connectivity index (χ3n) is 3.17. The molecule has 3 nitrogen and oxygen atoms in total. The van der Waals surface area contributed by atoms with E-state index in [0.29, 0.717) is 6.42 Å². The van der Waals surface area contributed by atoms with Gasteiger partial charge in [-0.25, -0.2) is 0 Å². The second kappa shape index (κ2) is 5.69. The molecule has 3 rings (SSSR count). The standard InChI is InChI=1S/C16H13BrN2O/c17-13-7-12(9-18-10-13)16(20)8-14-6-5-11-3-1-2-4-15(11)19-14/h1-7,9-10,16,20H,8H2. The second-order valence-electron chi connectivity index (χ2n) is 4.65. The van der Waals surface area contributed by atoms with Crippen LogP contribution in [0, 0.1) is 0 Å². The van der Waals surface area contributed by atoms with E-state index in [1.807, 2.05) is 42.5 Å². The van der Waals surface area contributed by atoms with Gasteiger partial charge in [-0.1, -0.05) is 24.3 Å². The number of para-hydroxylation sites is 1. The lowest BCUT2D eigenvalue weighted by Gasteiger charge is -2.11. The largest absolute Gasteiger partial charge is 0.388 e. The molecule has 0 radical (unpaired) electrons. The summed E-state index contributed by atoms with van der Waals surface area (Å²) in [5, 5.41) is 11.4. The first kappa shape index (κ1) is 13.2. The Hall–Kier alpha value is -1.78. The van der Waals surface area contributed by atoms with Crippen LogP contribution in [-0.2, 0) is 6.42 Å². The summed E-state index contributed by atoms with van der Waals surface area (Å²) in [4.78, 5) is 8.64. The minimum absolute atomic E-state index is 0.475. The first-order valence-electron chi connectivity index (χ1n) is 6.35. The third-order valence-corrected chi connectivity index (χ3v) is 3.60. The highest BCUT2D eigenvalue weighted by molar-refractivity contribution is 9.10. The van der Waals surface area contributed by atoms with Crippen molar-refractivity contribution in [2.24, 2.45) is 0 Å². The summed E-state index contributed by atoms with van der Waals surface area (Å²) in [5.74, 6) is 0. The van der Waals surface area contributed by atoms with Crippen LogP contribution in [0.15, 0.2) is 59.3 Å². The number of hydrogen-bond acceptors (Lipinski definition) is 3. The Morgan fingerprint density at radius 3 is 2.80 bits per heavy atom. The van der Waals surface area contributed by atoms with Crippen LogP contribution >= 0.6 is 15.9 Å². The number of rotatable bonds is 3. The highest BCUT2D eigenvalue weighted by Gasteiger charge is 2.10. The van der Waals surface area contributed by atoms with Crippen LogP contribution < -0.4 is 0 Å². The first-order chi connectivity index (χ1) is 9.72. The van der Waals surface area contributed by atoms with Gasteiger partial charge in [0.05, 0.1) is 11.6 Å². The number of fused-ring (bicyclic) bond motifs is 1. The summed E-state index contributed by atoms with van der Waals surface area (Å²) in [7, 11) is 0. The zero-order valence-corrected chi connectivity index (χ0v) is 12.3. The summed E-state index contributed by atoms with van der Waals surface area (Å²) in [5.41, 5.74) is 2.61. The molecular formula is C16H13BrN2O. The van der Waals surface area contributed by atoms with E-state index in [1.54, 1.807) is 12.4 Å². The Morgan fingerprint density at radius 2 is 1.95 bits per heavy atom. The molecule has 1 aromatic carbocycles. The van der Waals surface area contributed by atoms with Crippen molar-refractivity contribution >= 4 is 26.8 Å². The SMILES string of the molecule is OC(Cc1ccc2ccccc2n1)c1cncc(Br)c1. The lowest BCUT2D eigenvalue weighted by Crippen LogP contribution is -2.04. The predicted octanol–water partition coefficient (Wildman–Crippen LogP) is 3.67. The number of aliphatic hydroxyl groups excluding tert-OH is 1. The van der Waals surface area contributed by atoms with E-state index in [-0.39, 0.29) is 0 Å². The van der Waals surface area contributed by atoms with Crippen LogP contribution in [0.4, 0.5) is 0 Å². The van der Waals surface area contributed by atoms with Gasteiger partial charge >= 0.3 is 0 Å². The van der Waals surface area contributed by atoms with Gasteiger partial charge in [-0.3, -0.25) is 9.97 Å². The fraction of sp³-hybridized carbons (Fsp3) is 0.125. The lowest BCUT2D eigenvalue weighted by molar-refractivity contribution is 0.177. The Bertz CT molecular complexity index is 745. The monoisotopic (exact) mass is 328 g/mol. The molecule has 0 aliphatic heterocycles. The molecule has 1 N–H and O–H groups in total. The number of pyridine rings is 2. The molecule has 0 saturated carbocycles. The van der Waals surface area contributed by atoms with Crippen LogP contribution in [0.2, 0.25) is 0 Å². The van der Waals surface area contributed by atoms with Gasteiger partial charge in [0.15, 0.2) is 0 Å². The van der Waals surface area contributed by atoms with E-state index < -0.39 is 6.10 Å². The molecule has 1 unspecified atom stereocenters. The summed E-state index contributed by atoms with van der Waals surface area (Å²) in [6.45, 7) is 0. The molecule has 2 heterocycles. The Balaban J connectivity index is 1.85. The van der Waals surface area contributed by atoms with Gasteiger partial charge in [-0.2, -0.15) is 0 Å². The van der Waals surface area contributed by atoms with Gasteiger partial charge in [0.2, 0.25) is 0 Å². The van der Waals surface area contributed by atoms with Crippen LogP contribution in [0.25, 0.3) is 10.9 Å². The fourth-order valence-electron chi connectivity index (χ4n) is 2.15. The van der Waals surface area contributed by atoms with Gasteiger partial charge < -0.3 is 5.11 Å². The van der Waals surface area contributed by atoms with Crippen molar-refractivity contribution in [3.05, 3.63) is 70.6 Å². The maximum atomic E-state index is 10.3. The lowest BCUT2D eigenvalue weighted by atomic mass is 10.1. The highest BCUT2D eigenvalue weighted by Crippen LogP contribution is 2.21. The van der Waals surface area contributed by atoms with Crippen LogP contribution in [0.5, 0.6) is 0 Å². The Labute approximate surface area is 125 Å². The topological polar surface area (TPSA) is 46.0 Å². The summed E-state index contributed by atoms with van der Waals surface area (Å²) in [6, 6.07) is 13.8. The van der Waals surface area contributed by atoms with Gasteiger partial charge in [0.25, 0.3) is 0 Å². The molecule has 0 bridgehead atoms. The quantitative estimate of drug-likeness (QED) is 0.797. The average molecular weight is 329 g/mol. The Morgan fingerprint density at radius 1 is 1.10 bits per heavy atom. The Kier molecular flexibility index (Phi) is 3.76. The van der Waals surface area contributed by atoms with Crippen LogP contribution in [0.1, 0.15) is 17.4 Å². The molecule has 0 aliphatic carbocycles. The van der Waals surface area contributed by atoms with Gasteiger partial charge in [0, 0.05) is 39.9 Å². The van der Waals surface area contributed by atoms with Crippen molar-refractivity contribution in [2.45, 2.75) is 12.5 Å². The normalized spacial score (nSPS) is 12.5. The molecule has 0 amide bonds. The van der Waals surface area contributed by atoms with Crippen molar-refractivity contribution in [2.75, 3.05) is 0 Å². The van der Waals surface area contributed by atoms with E-state index in [1.165, 1.54) is 0 Å². The van der Waals surface area contributed by atoms with Gasteiger partial charge in [0.1, 0.15) is 0 Å². The molecule has 0 spiro atoms. The molecular weight excluding hydrogens is 316 g/mol. The van der Waals surface area contributed by atoms with Gasteiger partial charge in [-0.05, 0) is 34.1 Å². The van der Waals surface area contributed by atoms with Crippen molar-refractivity contribution in [1.29, 1.82) is 0 Å². The second-order valence-corrected chi connectivity index (χ2v) is 5.57. The summed E-state index contributed by atoms with van der Waals surface area (Å²) in [6.07, 6.45) is 3.25. The number of aromatic nitrogens is 2. The van der Waals surface area contributed by atoms with Crippen LogP contribution in [-0.4, -0.2) is 15.1 Å². The number of hydrogen-bond donors (Lipinski definition) is 1. The molecule has 0 fully saturated rings. The van der Waals surface area contributed by atoms with Gasteiger partial charge in [-0.15, -0.1) is 0 Å². The highest BCUT2D eigenvalue weighted by atomic mass is 79.9. The van der Waals surface area contributed by atoms with E-state index >= 15 is 0 Å².